The second kappa shape index (κ2) is 14.8. The zero-order valence-corrected chi connectivity index (χ0v) is 18.9. The average Bonchev–Trinajstić information content (AvgIpc) is 2.74. The second-order valence-electron chi connectivity index (χ2n) is 9.44. The quantitative estimate of drug-likeness (QED) is 0.544. The highest BCUT2D eigenvalue weighted by atomic mass is 16.5. The van der Waals surface area contributed by atoms with Crippen LogP contribution in [0.3, 0.4) is 0 Å². The highest BCUT2D eigenvalue weighted by Crippen LogP contribution is 2.24. The fourth-order valence-electron chi connectivity index (χ4n) is 4.80. The molecule has 2 rings (SSSR count). The van der Waals surface area contributed by atoms with Crippen LogP contribution in [0.2, 0.25) is 0 Å². The lowest BCUT2D eigenvalue weighted by Crippen LogP contribution is -2.44. The largest absolute Gasteiger partial charge is 0.461 e. The summed E-state index contributed by atoms with van der Waals surface area (Å²) in [6.45, 7) is 1.77. The van der Waals surface area contributed by atoms with Crippen molar-refractivity contribution in [1.82, 2.24) is 5.32 Å². The smallest absolute Gasteiger partial charge is 0.328 e. The molecule has 0 bridgehead atoms. The Balaban J connectivity index is 1.76. The molecule has 2 fully saturated rings. The first-order valence-corrected chi connectivity index (χ1v) is 12.7. The molecule has 0 heterocycles. The number of carbonyl (C=O) groups is 2. The first-order valence-electron chi connectivity index (χ1n) is 12.7. The fourth-order valence-corrected chi connectivity index (χ4v) is 4.80. The van der Waals surface area contributed by atoms with E-state index in [0.29, 0.717) is 0 Å². The minimum Gasteiger partial charge on any atom is -0.461 e. The van der Waals surface area contributed by atoms with Gasteiger partial charge in [0.05, 0.1) is 0 Å². The van der Waals surface area contributed by atoms with Gasteiger partial charge in [-0.1, -0.05) is 83.5 Å². The van der Waals surface area contributed by atoms with E-state index in [0.717, 1.165) is 51.4 Å². The Hall–Kier alpha value is -1.06. The highest BCUT2D eigenvalue weighted by molar-refractivity contribution is 5.85. The first-order chi connectivity index (χ1) is 14.2. The van der Waals surface area contributed by atoms with Crippen molar-refractivity contribution in [2.75, 3.05) is 0 Å². The Labute approximate surface area is 178 Å². The van der Waals surface area contributed by atoms with E-state index in [9.17, 15) is 9.59 Å². The average molecular weight is 408 g/mol. The van der Waals surface area contributed by atoms with Crippen molar-refractivity contribution in [3.63, 3.8) is 0 Å². The molecule has 2 aliphatic carbocycles. The Morgan fingerprint density at radius 3 is 1.52 bits per heavy atom. The summed E-state index contributed by atoms with van der Waals surface area (Å²) in [7, 11) is 0. The van der Waals surface area contributed by atoms with Crippen molar-refractivity contribution in [2.24, 2.45) is 5.92 Å². The molecule has 168 valence electrons. The van der Waals surface area contributed by atoms with E-state index in [-0.39, 0.29) is 23.9 Å². The minimum atomic E-state index is -0.541. The summed E-state index contributed by atoms with van der Waals surface area (Å²) in [6, 6.07) is -0.541. The van der Waals surface area contributed by atoms with Crippen LogP contribution < -0.4 is 5.32 Å². The Kier molecular flexibility index (Phi) is 12.4. The minimum absolute atomic E-state index is 0.0154. The number of hydrogen-bond acceptors (Lipinski definition) is 3. The molecule has 0 spiro atoms. The number of nitrogens with one attached hydrogen (secondary N) is 1. The molecule has 29 heavy (non-hydrogen) atoms. The van der Waals surface area contributed by atoms with Crippen LogP contribution in [0.25, 0.3) is 0 Å². The van der Waals surface area contributed by atoms with Gasteiger partial charge in [-0.05, 0) is 45.4 Å². The third-order valence-corrected chi connectivity index (χ3v) is 6.77. The van der Waals surface area contributed by atoms with E-state index in [2.05, 4.69) is 5.32 Å². The van der Waals surface area contributed by atoms with Crippen molar-refractivity contribution in [1.29, 1.82) is 0 Å². The van der Waals surface area contributed by atoms with Gasteiger partial charge in [-0.15, -0.1) is 0 Å². The molecular formula is C25H45NO3. The molecule has 4 nitrogen and oxygen atoms in total. The van der Waals surface area contributed by atoms with E-state index >= 15 is 0 Å². The molecule has 2 aliphatic rings. The first kappa shape index (κ1) is 24.2. The number of carbonyl (C=O) groups excluding carboxylic acids is 2. The number of amides is 1. The molecule has 0 aromatic heterocycles. The standard InChI is InChI=1S/C25H45NO3/c1-21(26-24(27)22-17-13-12-14-18-22)25(28)29-23-19-15-10-8-6-4-2-3-5-7-9-11-16-20-23/h21-23H,2-20H2,1H3,(H,26,27)/t21-/m1/s1. The highest BCUT2D eigenvalue weighted by Gasteiger charge is 2.26. The van der Waals surface area contributed by atoms with Crippen LogP contribution in [-0.2, 0) is 14.3 Å². The van der Waals surface area contributed by atoms with Crippen LogP contribution in [0, 0.1) is 5.92 Å². The van der Waals surface area contributed by atoms with Gasteiger partial charge in [0, 0.05) is 5.92 Å². The molecule has 0 radical (unpaired) electrons. The van der Waals surface area contributed by atoms with Crippen molar-refractivity contribution in [3.05, 3.63) is 0 Å². The summed E-state index contributed by atoms with van der Waals surface area (Å²) < 4.78 is 5.87. The number of hydrogen-bond donors (Lipinski definition) is 1. The summed E-state index contributed by atoms with van der Waals surface area (Å²) >= 11 is 0. The number of ether oxygens (including phenoxy) is 1. The van der Waals surface area contributed by atoms with E-state index in [4.69, 9.17) is 4.74 Å². The molecule has 0 saturated heterocycles. The van der Waals surface area contributed by atoms with Gasteiger partial charge >= 0.3 is 5.97 Å². The molecule has 0 aromatic rings. The summed E-state index contributed by atoms with van der Waals surface area (Å²) in [6.07, 6.45) is 22.9. The van der Waals surface area contributed by atoms with Gasteiger partial charge in [0.25, 0.3) is 0 Å². The molecule has 0 unspecified atom stereocenters. The van der Waals surface area contributed by atoms with Gasteiger partial charge in [-0.25, -0.2) is 4.79 Å². The predicted molar refractivity (Wildman–Crippen MR) is 119 cm³/mol. The van der Waals surface area contributed by atoms with Crippen LogP contribution in [0.1, 0.15) is 129 Å². The van der Waals surface area contributed by atoms with Gasteiger partial charge in [0.2, 0.25) is 5.91 Å². The lowest BCUT2D eigenvalue weighted by atomic mass is 9.88. The summed E-state index contributed by atoms with van der Waals surface area (Å²) in [5.74, 6) is -0.134. The fraction of sp³-hybridized carbons (Fsp3) is 0.920. The molecule has 4 heteroatoms. The van der Waals surface area contributed by atoms with Gasteiger partial charge in [-0.3, -0.25) is 4.79 Å². The summed E-state index contributed by atoms with van der Waals surface area (Å²) in [5, 5.41) is 2.92. The molecular weight excluding hydrogens is 362 g/mol. The van der Waals surface area contributed by atoms with Crippen molar-refractivity contribution in [3.8, 4) is 0 Å². The van der Waals surface area contributed by atoms with E-state index in [1.54, 1.807) is 6.92 Å². The molecule has 0 aliphatic heterocycles. The van der Waals surface area contributed by atoms with Crippen LogP contribution in [0.5, 0.6) is 0 Å². The topological polar surface area (TPSA) is 55.4 Å². The Bertz CT molecular complexity index is 443. The molecule has 0 aromatic carbocycles. The monoisotopic (exact) mass is 407 g/mol. The number of rotatable bonds is 4. The van der Waals surface area contributed by atoms with Crippen LogP contribution in [0.4, 0.5) is 0 Å². The van der Waals surface area contributed by atoms with Crippen molar-refractivity contribution in [2.45, 2.75) is 141 Å². The van der Waals surface area contributed by atoms with Gasteiger partial charge in [0.15, 0.2) is 0 Å². The molecule has 1 N–H and O–H groups in total. The second-order valence-corrected chi connectivity index (χ2v) is 9.44. The van der Waals surface area contributed by atoms with Crippen LogP contribution in [0.15, 0.2) is 0 Å². The van der Waals surface area contributed by atoms with Crippen molar-refractivity contribution >= 4 is 11.9 Å². The van der Waals surface area contributed by atoms with Gasteiger partial charge in [-0.2, -0.15) is 0 Å². The van der Waals surface area contributed by atoms with E-state index < -0.39 is 6.04 Å². The van der Waals surface area contributed by atoms with Crippen molar-refractivity contribution < 1.29 is 14.3 Å². The summed E-state index contributed by atoms with van der Waals surface area (Å²) in [5.41, 5.74) is 0. The molecule has 2 saturated carbocycles. The zero-order chi connectivity index (χ0) is 20.7. The molecule has 1 amide bonds. The normalized spacial score (nSPS) is 23.3. The van der Waals surface area contributed by atoms with Crippen LogP contribution in [-0.4, -0.2) is 24.0 Å². The lowest BCUT2D eigenvalue weighted by Gasteiger charge is -2.24. The molecule has 1 atom stereocenters. The maximum Gasteiger partial charge on any atom is 0.328 e. The van der Waals surface area contributed by atoms with Gasteiger partial charge in [0.1, 0.15) is 12.1 Å². The summed E-state index contributed by atoms with van der Waals surface area (Å²) in [4.78, 5) is 25.0. The van der Waals surface area contributed by atoms with E-state index in [1.165, 1.54) is 70.6 Å². The lowest BCUT2D eigenvalue weighted by molar-refractivity contribution is -0.153. The van der Waals surface area contributed by atoms with Gasteiger partial charge < -0.3 is 10.1 Å². The zero-order valence-electron chi connectivity index (χ0n) is 18.9. The maximum absolute atomic E-state index is 12.6. The number of esters is 1. The van der Waals surface area contributed by atoms with Crippen LogP contribution >= 0.6 is 0 Å². The SMILES string of the molecule is C[C@@H](NC(=O)C1CCCCC1)C(=O)OC1CCCCCCCCCCCCCC1. The van der Waals surface area contributed by atoms with E-state index in [1.807, 2.05) is 0 Å². The third-order valence-electron chi connectivity index (χ3n) is 6.77. The Morgan fingerprint density at radius 1 is 0.655 bits per heavy atom. The maximum atomic E-state index is 12.6. The predicted octanol–water partition coefficient (Wildman–Crippen LogP) is 6.46. The Morgan fingerprint density at radius 2 is 1.03 bits per heavy atom. The third kappa shape index (κ3) is 10.5.